The van der Waals surface area contributed by atoms with Crippen LogP contribution in [-0.2, 0) is 11.2 Å². The molecule has 1 rings (SSSR count). The molecule has 0 bridgehead atoms. The topological polar surface area (TPSA) is 74.0 Å². The van der Waals surface area contributed by atoms with Crippen molar-refractivity contribution in [1.82, 2.24) is 4.98 Å². The minimum absolute atomic E-state index is 0.0261. The normalized spacial score (nSPS) is 10.2. The Hall–Kier alpha value is -1.55. The molecule has 16 heavy (non-hydrogen) atoms. The molecule has 0 saturated carbocycles. The molecule has 1 heterocycles. The number of pyridine rings is 1. The maximum atomic E-state index is 12.6. The molecular weight excluding hydrogens is 286 g/mol. The molecule has 1 aromatic rings. The second-order valence-electron chi connectivity index (χ2n) is 2.83. The molecule has 4 nitrogen and oxygen atoms in total. The molecule has 0 atom stereocenters. The standard InChI is InChI=1S/C9H5BrF2N2O2/c10-8-5(1-6(15)16)14-3-4(2-13)7(8)9(11)12/h3,9H,1H2,(H,15,16). The van der Waals surface area contributed by atoms with Crippen LogP contribution in [0.2, 0.25) is 0 Å². The minimum atomic E-state index is -2.86. The largest absolute Gasteiger partial charge is 0.481 e. The fraction of sp³-hybridized carbons (Fsp3) is 0.222. The van der Waals surface area contributed by atoms with Crippen LogP contribution in [0.3, 0.4) is 0 Å². The first-order chi connectivity index (χ1) is 7.47. The Bertz CT molecular complexity index is 471. The third kappa shape index (κ3) is 2.52. The molecule has 0 aliphatic heterocycles. The monoisotopic (exact) mass is 290 g/mol. The van der Waals surface area contributed by atoms with Crippen LogP contribution in [0.15, 0.2) is 10.7 Å². The highest BCUT2D eigenvalue weighted by atomic mass is 79.9. The molecule has 0 saturated heterocycles. The molecule has 7 heteroatoms. The first-order valence-corrected chi connectivity index (χ1v) is 4.84. The second-order valence-corrected chi connectivity index (χ2v) is 3.62. The lowest BCUT2D eigenvalue weighted by molar-refractivity contribution is -0.136. The second kappa shape index (κ2) is 4.99. The summed E-state index contributed by atoms with van der Waals surface area (Å²) in [5.74, 6) is -1.18. The van der Waals surface area contributed by atoms with Crippen LogP contribution < -0.4 is 0 Å². The maximum absolute atomic E-state index is 12.6. The van der Waals surface area contributed by atoms with E-state index in [1.165, 1.54) is 0 Å². The van der Waals surface area contributed by atoms with E-state index < -0.39 is 24.4 Å². The van der Waals surface area contributed by atoms with Gasteiger partial charge in [-0.25, -0.2) is 8.78 Å². The average Bonchev–Trinajstić information content (AvgIpc) is 2.19. The van der Waals surface area contributed by atoms with Crippen molar-refractivity contribution in [3.63, 3.8) is 0 Å². The average molecular weight is 291 g/mol. The van der Waals surface area contributed by atoms with E-state index in [1.807, 2.05) is 0 Å². The van der Waals surface area contributed by atoms with Crippen LogP contribution >= 0.6 is 15.9 Å². The molecule has 0 aliphatic rings. The van der Waals surface area contributed by atoms with Crippen LogP contribution in [0.1, 0.15) is 23.2 Å². The van der Waals surface area contributed by atoms with Gasteiger partial charge in [-0.15, -0.1) is 0 Å². The number of carbonyl (C=O) groups is 1. The molecular formula is C9H5BrF2N2O2. The van der Waals surface area contributed by atoms with Crippen molar-refractivity contribution >= 4 is 21.9 Å². The predicted octanol–water partition coefficient (Wildman–Crippen LogP) is 2.28. The van der Waals surface area contributed by atoms with E-state index in [1.54, 1.807) is 6.07 Å². The van der Waals surface area contributed by atoms with Crippen LogP contribution in [0.5, 0.6) is 0 Å². The number of halogens is 3. The summed E-state index contributed by atoms with van der Waals surface area (Å²) < 4.78 is 25.2. The van der Waals surface area contributed by atoms with Gasteiger partial charge in [0.1, 0.15) is 6.07 Å². The van der Waals surface area contributed by atoms with Crippen LogP contribution in [0.4, 0.5) is 8.78 Å². The van der Waals surface area contributed by atoms with Gasteiger partial charge in [0.2, 0.25) is 0 Å². The number of alkyl halides is 2. The number of nitriles is 1. The number of hydrogen-bond acceptors (Lipinski definition) is 3. The fourth-order valence-corrected chi connectivity index (χ4v) is 1.74. The van der Waals surface area contributed by atoms with E-state index in [-0.39, 0.29) is 15.7 Å². The Morgan fingerprint density at radius 1 is 1.69 bits per heavy atom. The smallest absolute Gasteiger partial charge is 0.309 e. The molecule has 0 amide bonds. The van der Waals surface area contributed by atoms with Crippen LogP contribution in [0, 0.1) is 11.3 Å². The molecule has 0 aromatic carbocycles. The highest BCUT2D eigenvalue weighted by molar-refractivity contribution is 9.10. The zero-order chi connectivity index (χ0) is 12.3. The molecule has 0 unspecified atom stereocenters. The van der Waals surface area contributed by atoms with E-state index in [9.17, 15) is 13.6 Å². The number of hydrogen-bond donors (Lipinski definition) is 1. The van der Waals surface area contributed by atoms with Gasteiger partial charge < -0.3 is 5.11 Å². The summed E-state index contributed by atoms with van der Waals surface area (Å²) >= 11 is 2.85. The van der Waals surface area contributed by atoms with Gasteiger partial charge in [0, 0.05) is 10.7 Å². The third-order valence-electron chi connectivity index (χ3n) is 1.79. The highest BCUT2D eigenvalue weighted by Gasteiger charge is 2.21. The lowest BCUT2D eigenvalue weighted by Gasteiger charge is -2.08. The maximum Gasteiger partial charge on any atom is 0.309 e. The lowest BCUT2D eigenvalue weighted by atomic mass is 10.1. The van der Waals surface area contributed by atoms with Gasteiger partial charge in [-0.2, -0.15) is 5.26 Å². The molecule has 1 N–H and O–H groups in total. The quantitative estimate of drug-likeness (QED) is 0.927. The van der Waals surface area contributed by atoms with Crippen LogP contribution in [0.25, 0.3) is 0 Å². The summed E-state index contributed by atoms with van der Waals surface area (Å²) in [7, 11) is 0. The number of nitrogens with zero attached hydrogens (tertiary/aromatic N) is 2. The number of carboxylic acids is 1. The zero-order valence-corrected chi connectivity index (χ0v) is 9.33. The molecule has 0 fully saturated rings. The summed E-state index contributed by atoms with van der Waals surface area (Å²) in [6.45, 7) is 0. The number of carboxylic acid groups (broad SMARTS) is 1. The number of aromatic nitrogens is 1. The molecule has 0 aliphatic carbocycles. The van der Waals surface area contributed by atoms with Crippen molar-refractivity contribution in [3.8, 4) is 6.07 Å². The first kappa shape index (κ1) is 12.5. The van der Waals surface area contributed by atoms with E-state index in [2.05, 4.69) is 20.9 Å². The van der Waals surface area contributed by atoms with Crippen molar-refractivity contribution in [2.75, 3.05) is 0 Å². The van der Waals surface area contributed by atoms with Crippen molar-refractivity contribution in [2.24, 2.45) is 0 Å². The summed E-state index contributed by atoms with van der Waals surface area (Å²) in [5.41, 5.74) is -0.813. The summed E-state index contributed by atoms with van der Waals surface area (Å²) in [6.07, 6.45) is -2.39. The lowest BCUT2D eigenvalue weighted by Crippen LogP contribution is -2.06. The van der Waals surface area contributed by atoms with Crippen molar-refractivity contribution in [3.05, 3.63) is 27.5 Å². The molecule has 1 aromatic heterocycles. The summed E-state index contributed by atoms with van der Waals surface area (Å²) in [5, 5.41) is 17.1. The van der Waals surface area contributed by atoms with Crippen molar-refractivity contribution < 1.29 is 18.7 Å². The van der Waals surface area contributed by atoms with Gasteiger partial charge in [-0.1, -0.05) is 0 Å². The van der Waals surface area contributed by atoms with Crippen LogP contribution in [-0.4, -0.2) is 16.1 Å². The third-order valence-corrected chi connectivity index (χ3v) is 2.67. The molecule has 0 radical (unpaired) electrons. The Labute approximate surface area is 97.7 Å². The van der Waals surface area contributed by atoms with E-state index in [0.29, 0.717) is 0 Å². The van der Waals surface area contributed by atoms with Gasteiger partial charge in [0.15, 0.2) is 0 Å². The Kier molecular flexibility index (Phi) is 3.90. The van der Waals surface area contributed by atoms with Gasteiger partial charge >= 0.3 is 5.97 Å². The highest BCUT2D eigenvalue weighted by Crippen LogP contribution is 2.32. The predicted molar refractivity (Wildman–Crippen MR) is 52.9 cm³/mol. The van der Waals surface area contributed by atoms with E-state index in [4.69, 9.17) is 10.4 Å². The van der Waals surface area contributed by atoms with Gasteiger partial charge in [-0.3, -0.25) is 9.78 Å². The molecule has 84 valence electrons. The first-order valence-electron chi connectivity index (χ1n) is 4.04. The fourth-order valence-electron chi connectivity index (χ4n) is 1.11. The molecule has 0 spiro atoms. The van der Waals surface area contributed by atoms with Gasteiger partial charge in [0.25, 0.3) is 6.43 Å². The number of rotatable bonds is 3. The van der Waals surface area contributed by atoms with Gasteiger partial charge in [0.05, 0.1) is 23.2 Å². The van der Waals surface area contributed by atoms with Crippen molar-refractivity contribution in [1.29, 1.82) is 5.26 Å². The Balaban J connectivity index is 3.33. The van der Waals surface area contributed by atoms with E-state index in [0.717, 1.165) is 6.20 Å². The zero-order valence-electron chi connectivity index (χ0n) is 7.75. The number of aliphatic carboxylic acids is 1. The minimum Gasteiger partial charge on any atom is -0.481 e. The summed E-state index contributed by atoms with van der Waals surface area (Å²) in [6, 6.07) is 1.58. The Morgan fingerprint density at radius 2 is 2.31 bits per heavy atom. The van der Waals surface area contributed by atoms with E-state index >= 15 is 0 Å². The SMILES string of the molecule is N#Cc1cnc(CC(=O)O)c(Br)c1C(F)F. The Morgan fingerprint density at radius 3 is 2.75 bits per heavy atom. The summed E-state index contributed by atoms with van der Waals surface area (Å²) in [4.78, 5) is 14.1. The van der Waals surface area contributed by atoms with Crippen molar-refractivity contribution in [2.45, 2.75) is 12.8 Å². The van der Waals surface area contributed by atoms with Gasteiger partial charge in [-0.05, 0) is 15.9 Å².